The van der Waals surface area contributed by atoms with Crippen LogP contribution in [-0.4, -0.2) is 9.78 Å². The number of nitrogen functional groups attached to an aromatic ring is 1. The first-order chi connectivity index (χ1) is 7.08. The van der Waals surface area contributed by atoms with E-state index in [0.717, 1.165) is 27.1 Å². The molecule has 0 bridgehead atoms. The van der Waals surface area contributed by atoms with Gasteiger partial charge in [0.1, 0.15) is 0 Å². The van der Waals surface area contributed by atoms with E-state index in [9.17, 15) is 0 Å². The predicted molar refractivity (Wildman–Crippen MR) is 65.2 cm³/mol. The fraction of sp³-hybridized carbons (Fsp3) is 0.182. The van der Waals surface area contributed by atoms with Crippen molar-refractivity contribution < 1.29 is 0 Å². The molecular weight excluding hydrogens is 254 g/mol. The minimum absolute atomic E-state index is 0.787. The molecule has 1 aromatic heterocycles. The van der Waals surface area contributed by atoms with E-state index in [2.05, 4.69) is 21.0 Å². The lowest BCUT2D eigenvalue weighted by atomic mass is 10.2. The molecule has 3 nitrogen and oxygen atoms in total. The van der Waals surface area contributed by atoms with Crippen LogP contribution in [0.4, 0.5) is 5.69 Å². The van der Waals surface area contributed by atoms with Crippen molar-refractivity contribution in [3.63, 3.8) is 0 Å². The van der Waals surface area contributed by atoms with E-state index in [1.807, 2.05) is 42.9 Å². The summed E-state index contributed by atoms with van der Waals surface area (Å²) >= 11 is 3.49. The predicted octanol–water partition coefficient (Wildman–Crippen LogP) is 2.83. The Labute approximate surface area is 97.0 Å². The fourth-order valence-corrected chi connectivity index (χ4v) is 1.95. The van der Waals surface area contributed by atoms with Crippen molar-refractivity contribution in [2.75, 3.05) is 5.73 Å². The number of halogens is 1. The Hall–Kier alpha value is -1.29. The maximum Gasteiger partial charge on any atom is 0.0791 e. The summed E-state index contributed by atoms with van der Waals surface area (Å²) in [4.78, 5) is 0. The van der Waals surface area contributed by atoms with E-state index in [0.29, 0.717) is 0 Å². The monoisotopic (exact) mass is 265 g/mol. The number of aromatic nitrogens is 2. The second-order valence-corrected chi connectivity index (χ2v) is 4.42. The number of hydrogen-bond acceptors (Lipinski definition) is 2. The normalized spacial score (nSPS) is 10.6. The Morgan fingerprint density at radius 3 is 2.67 bits per heavy atom. The van der Waals surface area contributed by atoms with Gasteiger partial charge in [-0.3, -0.25) is 0 Å². The Kier molecular flexibility index (Phi) is 2.52. The lowest BCUT2D eigenvalue weighted by molar-refractivity contribution is 0.858. The van der Waals surface area contributed by atoms with E-state index in [4.69, 9.17) is 5.73 Å². The third kappa shape index (κ3) is 1.90. The quantitative estimate of drug-likeness (QED) is 0.806. The van der Waals surface area contributed by atoms with Crippen LogP contribution in [0.2, 0.25) is 0 Å². The zero-order valence-electron chi connectivity index (χ0n) is 8.66. The molecule has 4 heteroatoms. The molecule has 0 spiro atoms. The van der Waals surface area contributed by atoms with Crippen LogP contribution in [0.3, 0.4) is 0 Å². The Bertz CT molecular complexity index is 503. The molecule has 0 radical (unpaired) electrons. The van der Waals surface area contributed by atoms with Crippen LogP contribution in [0.1, 0.15) is 11.3 Å². The van der Waals surface area contributed by atoms with Crippen molar-refractivity contribution in [3.05, 3.63) is 40.1 Å². The summed E-state index contributed by atoms with van der Waals surface area (Å²) in [5.41, 5.74) is 9.66. The van der Waals surface area contributed by atoms with Gasteiger partial charge in [-0.25, -0.2) is 4.68 Å². The molecule has 0 aliphatic carbocycles. The first-order valence-electron chi connectivity index (χ1n) is 4.66. The van der Waals surface area contributed by atoms with Crippen LogP contribution >= 0.6 is 15.9 Å². The smallest absolute Gasteiger partial charge is 0.0791 e. The summed E-state index contributed by atoms with van der Waals surface area (Å²) < 4.78 is 2.79. The molecule has 2 rings (SSSR count). The fourth-order valence-electron chi connectivity index (χ4n) is 1.41. The van der Waals surface area contributed by atoms with Crippen LogP contribution < -0.4 is 5.73 Å². The van der Waals surface area contributed by atoms with Gasteiger partial charge < -0.3 is 5.73 Å². The lowest BCUT2D eigenvalue weighted by Crippen LogP contribution is -1.99. The Morgan fingerprint density at radius 1 is 1.33 bits per heavy atom. The third-order valence-corrected chi connectivity index (χ3v) is 2.94. The molecule has 1 heterocycles. The van der Waals surface area contributed by atoms with Gasteiger partial charge in [0.05, 0.1) is 11.4 Å². The molecule has 78 valence electrons. The van der Waals surface area contributed by atoms with Crippen molar-refractivity contribution in [2.45, 2.75) is 13.8 Å². The molecule has 0 saturated carbocycles. The topological polar surface area (TPSA) is 43.8 Å². The van der Waals surface area contributed by atoms with Crippen molar-refractivity contribution in [1.29, 1.82) is 0 Å². The van der Waals surface area contributed by atoms with Gasteiger partial charge in [0.15, 0.2) is 0 Å². The van der Waals surface area contributed by atoms with Crippen molar-refractivity contribution in [3.8, 4) is 5.69 Å². The molecule has 0 atom stereocenters. The van der Waals surface area contributed by atoms with E-state index in [1.165, 1.54) is 0 Å². The van der Waals surface area contributed by atoms with Crippen LogP contribution in [0.25, 0.3) is 5.69 Å². The summed E-state index contributed by atoms with van der Waals surface area (Å²) in [6.45, 7) is 3.95. The molecular formula is C11H12BrN3. The standard InChI is InChI=1S/C11H12BrN3/c1-7-5-11(9(12)6-10(7)13)15-4-3-8(2)14-15/h3-6H,13H2,1-2H3. The third-order valence-electron chi connectivity index (χ3n) is 2.30. The lowest BCUT2D eigenvalue weighted by Gasteiger charge is -2.08. The Balaban J connectivity index is 2.58. The van der Waals surface area contributed by atoms with Gasteiger partial charge in [-0.05, 0) is 53.5 Å². The SMILES string of the molecule is Cc1ccn(-c2cc(C)c(N)cc2Br)n1. The molecule has 0 fully saturated rings. The average molecular weight is 266 g/mol. The summed E-state index contributed by atoms with van der Waals surface area (Å²) in [7, 11) is 0. The molecule has 0 aliphatic rings. The van der Waals surface area contributed by atoms with Gasteiger partial charge in [-0.15, -0.1) is 0 Å². The first kappa shape index (κ1) is 10.2. The summed E-state index contributed by atoms with van der Waals surface area (Å²) in [5, 5.41) is 4.36. The maximum absolute atomic E-state index is 5.81. The first-order valence-corrected chi connectivity index (χ1v) is 5.45. The van der Waals surface area contributed by atoms with Gasteiger partial charge in [0, 0.05) is 16.4 Å². The van der Waals surface area contributed by atoms with Gasteiger partial charge in [0.25, 0.3) is 0 Å². The largest absolute Gasteiger partial charge is 0.398 e. The molecule has 15 heavy (non-hydrogen) atoms. The van der Waals surface area contributed by atoms with E-state index >= 15 is 0 Å². The number of nitrogens with two attached hydrogens (primary N) is 1. The zero-order chi connectivity index (χ0) is 11.0. The molecule has 0 aliphatic heterocycles. The van der Waals surface area contributed by atoms with E-state index < -0.39 is 0 Å². The highest BCUT2D eigenvalue weighted by Crippen LogP contribution is 2.26. The highest BCUT2D eigenvalue weighted by atomic mass is 79.9. The number of rotatable bonds is 1. The molecule has 2 aromatic rings. The van der Waals surface area contributed by atoms with Crippen molar-refractivity contribution in [1.82, 2.24) is 9.78 Å². The van der Waals surface area contributed by atoms with Gasteiger partial charge in [-0.2, -0.15) is 5.10 Å². The Morgan fingerprint density at radius 2 is 2.07 bits per heavy atom. The summed E-state index contributed by atoms with van der Waals surface area (Å²) in [6.07, 6.45) is 1.94. The maximum atomic E-state index is 5.81. The molecule has 0 saturated heterocycles. The molecule has 2 N–H and O–H groups in total. The van der Waals surface area contributed by atoms with Gasteiger partial charge >= 0.3 is 0 Å². The summed E-state index contributed by atoms with van der Waals surface area (Å²) in [6, 6.07) is 5.89. The number of nitrogens with zero attached hydrogens (tertiary/aromatic N) is 2. The second-order valence-electron chi connectivity index (χ2n) is 3.56. The second kappa shape index (κ2) is 3.70. The number of benzene rings is 1. The molecule has 0 unspecified atom stereocenters. The van der Waals surface area contributed by atoms with Crippen molar-refractivity contribution in [2.24, 2.45) is 0 Å². The van der Waals surface area contributed by atoms with E-state index in [-0.39, 0.29) is 0 Å². The zero-order valence-corrected chi connectivity index (χ0v) is 10.2. The van der Waals surface area contributed by atoms with Crippen LogP contribution in [0, 0.1) is 13.8 Å². The molecule has 0 amide bonds. The minimum atomic E-state index is 0.787. The summed E-state index contributed by atoms with van der Waals surface area (Å²) in [5.74, 6) is 0. The highest BCUT2D eigenvalue weighted by molar-refractivity contribution is 9.10. The van der Waals surface area contributed by atoms with Crippen LogP contribution in [-0.2, 0) is 0 Å². The number of aryl methyl sites for hydroxylation is 2. The molecule has 1 aromatic carbocycles. The minimum Gasteiger partial charge on any atom is -0.398 e. The average Bonchev–Trinajstić information content (AvgIpc) is 2.58. The number of anilines is 1. The van der Waals surface area contributed by atoms with E-state index in [1.54, 1.807) is 0 Å². The van der Waals surface area contributed by atoms with Crippen LogP contribution in [0.5, 0.6) is 0 Å². The van der Waals surface area contributed by atoms with Gasteiger partial charge in [0.2, 0.25) is 0 Å². The van der Waals surface area contributed by atoms with Crippen LogP contribution in [0.15, 0.2) is 28.9 Å². The van der Waals surface area contributed by atoms with Crippen molar-refractivity contribution >= 4 is 21.6 Å². The highest BCUT2D eigenvalue weighted by Gasteiger charge is 2.06. The number of hydrogen-bond donors (Lipinski definition) is 1. The van der Waals surface area contributed by atoms with Gasteiger partial charge in [-0.1, -0.05) is 0 Å².